The minimum atomic E-state index is -0.494. The third-order valence-electron chi connectivity index (χ3n) is 3.90. The van der Waals surface area contributed by atoms with Gasteiger partial charge < -0.3 is 10.6 Å². The third-order valence-corrected chi connectivity index (χ3v) is 4.85. The molecule has 0 atom stereocenters. The first kappa shape index (κ1) is 16.3. The molecule has 2 N–H and O–H groups in total. The lowest BCUT2D eigenvalue weighted by Crippen LogP contribution is -2.58. The minimum absolute atomic E-state index is 0.0635. The predicted molar refractivity (Wildman–Crippen MR) is 90.0 cm³/mol. The monoisotopic (exact) mass is 307 g/mol. The Kier molecular flexibility index (Phi) is 5.67. The fraction of sp³-hybridized carbons (Fsp3) is 0.562. The summed E-state index contributed by atoms with van der Waals surface area (Å²) < 4.78 is 0. The quantitative estimate of drug-likeness (QED) is 0.820. The number of carbonyl (C=O) groups is 1. The Balaban J connectivity index is 2.09. The summed E-state index contributed by atoms with van der Waals surface area (Å²) in [5.74, 6) is 1.06. The average molecular weight is 307 g/mol. The van der Waals surface area contributed by atoms with Gasteiger partial charge in [0.15, 0.2) is 0 Å². The maximum atomic E-state index is 12.7. The maximum absolute atomic E-state index is 12.7. The lowest BCUT2D eigenvalue weighted by molar-refractivity contribution is -0.126. The molecule has 1 heterocycles. The molecule has 5 heteroatoms. The van der Waals surface area contributed by atoms with Gasteiger partial charge in [-0.15, -0.1) is 11.8 Å². The molecule has 0 saturated carbocycles. The van der Waals surface area contributed by atoms with E-state index in [9.17, 15) is 4.79 Å². The summed E-state index contributed by atoms with van der Waals surface area (Å²) in [5, 5.41) is 6.44. The van der Waals surface area contributed by atoms with Crippen molar-refractivity contribution in [2.45, 2.75) is 31.2 Å². The number of carbonyl (C=O) groups excluding carboxylic acids is 1. The summed E-state index contributed by atoms with van der Waals surface area (Å²) in [7, 11) is 0. The van der Waals surface area contributed by atoms with Crippen LogP contribution in [-0.2, 0) is 4.79 Å². The van der Waals surface area contributed by atoms with Crippen molar-refractivity contribution in [1.29, 1.82) is 0 Å². The average Bonchev–Trinajstić information content (AvgIpc) is 2.50. The van der Waals surface area contributed by atoms with Crippen molar-refractivity contribution in [2.75, 3.05) is 37.2 Å². The standard InChI is InChI=1S/C16H25N3OS/c1-4-21-14-8-6-5-7-13(14)18-15(20)16(2,3)19-11-9-17-10-12-19/h5-8,17H,4,9-12H2,1-3H3,(H,18,20). The van der Waals surface area contributed by atoms with E-state index in [0.717, 1.165) is 42.5 Å². The molecule has 0 spiro atoms. The van der Waals surface area contributed by atoms with Gasteiger partial charge in [-0.2, -0.15) is 0 Å². The highest BCUT2D eigenvalue weighted by atomic mass is 32.2. The molecule has 2 rings (SSSR count). The van der Waals surface area contributed by atoms with Crippen molar-refractivity contribution >= 4 is 23.4 Å². The summed E-state index contributed by atoms with van der Waals surface area (Å²) in [4.78, 5) is 16.1. The molecule has 1 amide bonds. The van der Waals surface area contributed by atoms with Crippen molar-refractivity contribution in [2.24, 2.45) is 0 Å². The van der Waals surface area contributed by atoms with E-state index in [2.05, 4.69) is 28.5 Å². The molecule has 1 aliphatic rings. The number of amides is 1. The molecule has 1 aromatic carbocycles. The zero-order valence-electron chi connectivity index (χ0n) is 13.1. The van der Waals surface area contributed by atoms with Crippen LogP contribution in [-0.4, -0.2) is 48.3 Å². The van der Waals surface area contributed by atoms with Gasteiger partial charge in [0.25, 0.3) is 0 Å². The van der Waals surface area contributed by atoms with E-state index in [0.29, 0.717) is 0 Å². The number of piperazine rings is 1. The van der Waals surface area contributed by atoms with Gasteiger partial charge in [-0.05, 0) is 31.7 Å². The highest BCUT2D eigenvalue weighted by Gasteiger charge is 2.35. The van der Waals surface area contributed by atoms with E-state index >= 15 is 0 Å². The second-order valence-electron chi connectivity index (χ2n) is 5.68. The molecule has 0 radical (unpaired) electrons. The van der Waals surface area contributed by atoms with Crippen LogP contribution in [0.3, 0.4) is 0 Å². The second kappa shape index (κ2) is 7.29. The highest BCUT2D eigenvalue weighted by molar-refractivity contribution is 7.99. The molecule has 21 heavy (non-hydrogen) atoms. The van der Waals surface area contributed by atoms with E-state index < -0.39 is 5.54 Å². The number of benzene rings is 1. The Hall–Kier alpha value is -1.04. The summed E-state index contributed by atoms with van der Waals surface area (Å²) in [6.45, 7) is 9.83. The van der Waals surface area contributed by atoms with Crippen molar-refractivity contribution in [3.05, 3.63) is 24.3 Å². The molecule has 1 fully saturated rings. The Morgan fingerprint density at radius 2 is 2.00 bits per heavy atom. The van der Waals surface area contributed by atoms with Crippen LogP contribution < -0.4 is 10.6 Å². The van der Waals surface area contributed by atoms with Crippen LogP contribution in [0.5, 0.6) is 0 Å². The summed E-state index contributed by atoms with van der Waals surface area (Å²) >= 11 is 1.75. The van der Waals surface area contributed by atoms with Gasteiger partial charge in [-0.25, -0.2) is 0 Å². The Bertz CT molecular complexity index is 484. The number of nitrogens with zero attached hydrogens (tertiary/aromatic N) is 1. The number of rotatable bonds is 5. The van der Waals surface area contributed by atoms with Crippen LogP contribution in [0.4, 0.5) is 5.69 Å². The smallest absolute Gasteiger partial charge is 0.244 e. The molecule has 0 bridgehead atoms. The molecular weight excluding hydrogens is 282 g/mol. The van der Waals surface area contributed by atoms with E-state index in [-0.39, 0.29) is 5.91 Å². The molecular formula is C16H25N3OS. The van der Waals surface area contributed by atoms with Gasteiger partial charge in [0, 0.05) is 31.1 Å². The molecule has 0 aromatic heterocycles. The lowest BCUT2D eigenvalue weighted by atomic mass is 10.0. The third kappa shape index (κ3) is 3.99. The number of anilines is 1. The van der Waals surface area contributed by atoms with Crippen LogP contribution in [0.15, 0.2) is 29.2 Å². The van der Waals surface area contributed by atoms with Crippen LogP contribution in [0, 0.1) is 0 Å². The zero-order chi connectivity index (χ0) is 15.3. The van der Waals surface area contributed by atoms with E-state index in [1.165, 1.54) is 0 Å². The van der Waals surface area contributed by atoms with Gasteiger partial charge in [0.2, 0.25) is 5.91 Å². The molecule has 1 aromatic rings. The van der Waals surface area contributed by atoms with Crippen LogP contribution in [0.2, 0.25) is 0 Å². The van der Waals surface area contributed by atoms with E-state index in [4.69, 9.17) is 0 Å². The Morgan fingerprint density at radius 3 is 2.67 bits per heavy atom. The van der Waals surface area contributed by atoms with E-state index in [1.54, 1.807) is 11.8 Å². The van der Waals surface area contributed by atoms with Gasteiger partial charge in [0.05, 0.1) is 11.2 Å². The van der Waals surface area contributed by atoms with Crippen LogP contribution in [0.25, 0.3) is 0 Å². The Labute approximate surface area is 131 Å². The Morgan fingerprint density at radius 1 is 1.33 bits per heavy atom. The van der Waals surface area contributed by atoms with Gasteiger partial charge in [0.1, 0.15) is 0 Å². The summed E-state index contributed by atoms with van der Waals surface area (Å²) in [6.07, 6.45) is 0. The zero-order valence-corrected chi connectivity index (χ0v) is 13.9. The molecule has 0 unspecified atom stereocenters. The van der Waals surface area contributed by atoms with Gasteiger partial charge >= 0.3 is 0 Å². The number of hydrogen-bond acceptors (Lipinski definition) is 4. The molecule has 1 saturated heterocycles. The molecule has 116 valence electrons. The van der Waals surface area contributed by atoms with Crippen molar-refractivity contribution in [3.8, 4) is 0 Å². The van der Waals surface area contributed by atoms with Gasteiger partial charge in [-0.1, -0.05) is 19.1 Å². The predicted octanol–water partition coefficient (Wildman–Crippen LogP) is 2.42. The molecule has 1 aliphatic heterocycles. The minimum Gasteiger partial charge on any atom is -0.323 e. The summed E-state index contributed by atoms with van der Waals surface area (Å²) in [6, 6.07) is 8.01. The first-order chi connectivity index (χ1) is 10.1. The number of hydrogen-bond donors (Lipinski definition) is 2. The summed E-state index contributed by atoms with van der Waals surface area (Å²) in [5.41, 5.74) is 0.420. The SMILES string of the molecule is CCSc1ccccc1NC(=O)C(C)(C)N1CCNCC1. The largest absolute Gasteiger partial charge is 0.323 e. The fourth-order valence-electron chi connectivity index (χ4n) is 2.49. The number of thioether (sulfide) groups is 1. The number of para-hydroxylation sites is 1. The first-order valence-corrected chi connectivity index (χ1v) is 8.53. The van der Waals surface area contributed by atoms with Crippen molar-refractivity contribution < 1.29 is 4.79 Å². The first-order valence-electron chi connectivity index (χ1n) is 7.54. The van der Waals surface area contributed by atoms with E-state index in [1.807, 2.05) is 32.0 Å². The van der Waals surface area contributed by atoms with Crippen LogP contribution >= 0.6 is 11.8 Å². The van der Waals surface area contributed by atoms with Crippen molar-refractivity contribution in [1.82, 2.24) is 10.2 Å². The highest BCUT2D eigenvalue weighted by Crippen LogP contribution is 2.28. The molecule has 4 nitrogen and oxygen atoms in total. The lowest BCUT2D eigenvalue weighted by Gasteiger charge is -2.39. The normalized spacial score (nSPS) is 16.7. The fourth-order valence-corrected chi connectivity index (χ4v) is 3.25. The molecule has 0 aliphatic carbocycles. The van der Waals surface area contributed by atoms with Crippen LogP contribution in [0.1, 0.15) is 20.8 Å². The topological polar surface area (TPSA) is 44.4 Å². The van der Waals surface area contributed by atoms with Crippen molar-refractivity contribution in [3.63, 3.8) is 0 Å². The number of nitrogens with one attached hydrogen (secondary N) is 2. The van der Waals surface area contributed by atoms with Gasteiger partial charge in [-0.3, -0.25) is 9.69 Å². The maximum Gasteiger partial charge on any atom is 0.244 e. The second-order valence-corrected chi connectivity index (χ2v) is 6.99.